The number of aromatic nitrogens is 1. The summed E-state index contributed by atoms with van der Waals surface area (Å²) in [5, 5.41) is 4.03. The minimum atomic E-state index is -0.127. The Balaban J connectivity index is 2.20. The van der Waals surface area contributed by atoms with Crippen LogP contribution < -0.4 is 5.43 Å². The molecule has 0 fully saturated rings. The summed E-state index contributed by atoms with van der Waals surface area (Å²) in [6.07, 6.45) is 2.92. The number of nitrogens with zero attached hydrogens (tertiary/aromatic N) is 2. The number of hydrogen-bond donors (Lipinski definition) is 1. The predicted molar refractivity (Wildman–Crippen MR) is 49.4 cm³/mol. The molecule has 1 aliphatic heterocycles. The highest BCUT2D eigenvalue weighted by Crippen LogP contribution is 2.15. The Morgan fingerprint density at radius 2 is 2.54 bits per heavy atom. The summed E-state index contributed by atoms with van der Waals surface area (Å²) >= 11 is 0. The van der Waals surface area contributed by atoms with E-state index in [0.717, 1.165) is 24.4 Å². The van der Waals surface area contributed by atoms with Crippen LogP contribution in [0.25, 0.3) is 0 Å². The molecule has 0 aliphatic carbocycles. The average Bonchev–Trinajstić information content (AvgIpc) is 2.60. The molecular weight excluding hydrogens is 166 g/mol. The van der Waals surface area contributed by atoms with E-state index in [9.17, 15) is 4.79 Å². The van der Waals surface area contributed by atoms with Crippen LogP contribution in [0, 0.1) is 0 Å². The SMILES string of the molecule is CC(=O)N/N=C1/CCn2cccc21. The molecule has 0 bridgehead atoms. The lowest BCUT2D eigenvalue weighted by Crippen LogP contribution is -2.15. The van der Waals surface area contributed by atoms with Crippen LogP contribution in [-0.2, 0) is 11.3 Å². The molecule has 1 aromatic heterocycles. The summed E-state index contributed by atoms with van der Waals surface area (Å²) in [7, 11) is 0. The molecule has 1 aromatic rings. The molecule has 0 saturated carbocycles. The van der Waals surface area contributed by atoms with Crippen LogP contribution in [0.4, 0.5) is 0 Å². The Morgan fingerprint density at radius 3 is 3.31 bits per heavy atom. The summed E-state index contributed by atoms with van der Waals surface area (Å²) < 4.78 is 2.13. The van der Waals surface area contributed by atoms with Crippen molar-refractivity contribution in [2.24, 2.45) is 5.10 Å². The number of carbonyl (C=O) groups excluding carboxylic acids is 1. The first kappa shape index (κ1) is 8.04. The standard InChI is InChI=1S/C9H11N3O/c1-7(13)10-11-8-4-6-12-5-2-3-9(8)12/h2-3,5H,4,6H2,1H3,(H,10,13)/b11-8-. The van der Waals surface area contributed by atoms with Crippen molar-refractivity contribution < 1.29 is 4.79 Å². The Morgan fingerprint density at radius 1 is 1.69 bits per heavy atom. The molecule has 0 saturated heterocycles. The van der Waals surface area contributed by atoms with E-state index >= 15 is 0 Å². The predicted octanol–water partition coefficient (Wildman–Crippen LogP) is 0.732. The largest absolute Gasteiger partial charge is 0.346 e. The van der Waals surface area contributed by atoms with Crippen LogP contribution in [0.3, 0.4) is 0 Å². The second kappa shape index (κ2) is 3.05. The lowest BCUT2D eigenvalue weighted by atomic mass is 10.2. The summed E-state index contributed by atoms with van der Waals surface area (Å²) in [6, 6.07) is 3.99. The molecule has 13 heavy (non-hydrogen) atoms. The van der Waals surface area contributed by atoms with E-state index < -0.39 is 0 Å². The lowest BCUT2D eigenvalue weighted by Gasteiger charge is -1.96. The van der Waals surface area contributed by atoms with Crippen LogP contribution >= 0.6 is 0 Å². The van der Waals surface area contributed by atoms with Crippen LogP contribution in [0.15, 0.2) is 23.4 Å². The number of amides is 1. The van der Waals surface area contributed by atoms with Gasteiger partial charge in [-0.05, 0) is 12.1 Å². The number of fused-ring (bicyclic) bond motifs is 1. The van der Waals surface area contributed by atoms with E-state index in [1.54, 1.807) is 0 Å². The van der Waals surface area contributed by atoms with Crippen LogP contribution in [0.1, 0.15) is 19.0 Å². The van der Waals surface area contributed by atoms with Crippen LogP contribution in [-0.4, -0.2) is 16.2 Å². The van der Waals surface area contributed by atoms with Crippen molar-refractivity contribution in [2.45, 2.75) is 19.9 Å². The van der Waals surface area contributed by atoms with Crippen molar-refractivity contribution in [3.05, 3.63) is 24.0 Å². The topological polar surface area (TPSA) is 46.4 Å². The van der Waals surface area contributed by atoms with E-state index in [-0.39, 0.29) is 5.91 Å². The smallest absolute Gasteiger partial charge is 0.236 e. The third kappa shape index (κ3) is 1.47. The van der Waals surface area contributed by atoms with Gasteiger partial charge in [-0.1, -0.05) is 0 Å². The highest BCUT2D eigenvalue weighted by atomic mass is 16.2. The Kier molecular flexibility index (Phi) is 1.88. The zero-order chi connectivity index (χ0) is 9.26. The van der Waals surface area contributed by atoms with E-state index in [0.29, 0.717) is 0 Å². The quantitative estimate of drug-likeness (QED) is 0.631. The lowest BCUT2D eigenvalue weighted by molar-refractivity contribution is -0.118. The summed E-state index contributed by atoms with van der Waals surface area (Å²) in [5.74, 6) is -0.127. The third-order valence-corrected chi connectivity index (χ3v) is 2.06. The first-order valence-corrected chi connectivity index (χ1v) is 4.26. The molecule has 2 rings (SSSR count). The highest BCUT2D eigenvalue weighted by Gasteiger charge is 2.16. The van der Waals surface area contributed by atoms with Gasteiger partial charge in [-0.2, -0.15) is 5.10 Å². The molecule has 0 spiro atoms. The van der Waals surface area contributed by atoms with Gasteiger partial charge >= 0.3 is 0 Å². The van der Waals surface area contributed by atoms with Crippen molar-refractivity contribution in [3.63, 3.8) is 0 Å². The number of nitrogens with one attached hydrogen (secondary N) is 1. The number of hydrogen-bond acceptors (Lipinski definition) is 2. The number of hydrazone groups is 1. The average molecular weight is 177 g/mol. The van der Waals surface area contributed by atoms with Gasteiger partial charge in [0.15, 0.2) is 0 Å². The summed E-state index contributed by atoms with van der Waals surface area (Å²) in [5.41, 5.74) is 4.52. The first-order chi connectivity index (χ1) is 6.27. The van der Waals surface area contributed by atoms with Crippen molar-refractivity contribution in [2.75, 3.05) is 0 Å². The van der Waals surface area contributed by atoms with Crippen LogP contribution in [0.5, 0.6) is 0 Å². The van der Waals surface area contributed by atoms with Crippen LogP contribution in [0.2, 0.25) is 0 Å². The summed E-state index contributed by atoms with van der Waals surface area (Å²) in [6.45, 7) is 2.42. The zero-order valence-electron chi connectivity index (χ0n) is 7.45. The third-order valence-electron chi connectivity index (χ3n) is 2.06. The Bertz CT molecular complexity index is 365. The molecule has 2 heterocycles. The molecule has 1 aliphatic rings. The van der Waals surface area contributed by atoms with Crippen molar-refractivity contribution in [1.82, 2.24) is 9.99 Å². The number of aryl methyl sites for hydroxylation is 1. The fourth-order valence-corrected chi connectivity index (χ4v) is 1.48. The Labute approximate surface area is 76.2 Å². The zero-order valence-corrected chi connectivity index (χ0v) is 7.45. The molecule has 0 unspecified atom stereocenters. The van der Waals surface area contributed by atoms with E-state index in [2.05, 4.69) is 15.1 Å². The fraction of sp³-hybridized carbons (Fsp3) is 0.333. The minimum absolute atomic E-state index is 0.127. The second-order valence-corrected chi connectivity index (χ2v) is 3.06. The van der Waals surface area contributed by atoms with Gasteiger partial charge in [0.2, 0.25) is 5.91 Å². The van der Waals surface area contributed by atoms with Gasteiger partial charge in [-0.15, -0.1) is 0 Å². The van der Waals surface area contributed by atoms with Gasteiger partial charge in [0, 0.05) is 26.1 Å². The van der Waals surface area contributed by atoms with Gasteiger partial charge < -0.3 is 4.57 Å². The molecule has 4 heteroatoms. The normalized spacial score (nSPS) is 17.5. The van der Waals surface area contributed by atoms with E-state index in [4.69, 9.17) is 0 Å². The number of rotatable bonds is 1. The minimum Gasteiger partial charge on any atom is -0.346 e. The van der Waals surface area contributed by atoms with Gasteiger partial charge in [-0.3, -0.25) is 4.79 Å². The van der Waals surface area contributed by atoms with Crippen molar-refractivity contribution in [3.8, 4) is 0 Å². The van der Waals surface area contributed by atoms with Gasteiger partial charge in [0.25, 0.3) is 0 Å². The van der Waals surface area contributed by atoms with Gasteiger partial charge in [0.05, 0.1) is 11.4 Å². The first-order valence-electron chi connectivity index (χ1n) is 4.26. The maximum absolute atomic E-state index is 10.6. The number of carbonyl (C=O) groups is 1. The second-order valence-electron chi connectivity index (χ2n) is 3.06. The molecule has 1 N–H and O–H groups in total. The molecular formula is C9H11N3O. The highest BCUT2D eigenvalue weighted by molar-refractivity contribution is 6.01. The van der Waals surface area contributed by atoms with Crippen molar-refractivity contribution >= 4 is 11.6 Å². The molecule has 68 valence electrons. The molecule has 1 amide bonds. The molecule has 0 aromatic carbocycles. The maximum Gasteiger partial charge on any atom is 0.236 e. The Hall–Kier alpha value is -1.58. The molecule has 4 nitrogen and oxygen atoms in total. The van der Waals surface area contributed by atoms with E-state index in [1.165, 1.54) is 6.92 Å². The van der Waals surface area contributed by atoms with E-state index in [1.807, 2.05) is 18.3 Å². The summed E-state index contributed by atoms with van der Waals surface area (Å²) in [4.78, 5) is 10.6. The maximum atomic E-state index is 10.6. The van der Waals surface area contributed by atoms with Gasteiger partial charge in [0.1, 0.15) is 0 Å². The molecule has 0 atom stereocenters. The van der Waals surface area contributed by atoms with Crippen molar-refractivity contribution in [1.29, 1.82) is 0 Å². The fourth-order valence-electron chi connectivity index (χ4n) is 1.48. The van der Waals surface area contributed by atoms with Gasteiger partial charge in [-0.25, -0.2) is 5.43 Å². The monoisotopic (exact) mass is 177 g/mol. The molecule has 0 radical (unpaired) electrons.